The van der Waals surface area contributed by atoms with Gasteiger partial charge in [0.1, 0.15) is 0 Å². The number of aliphatic carboxylic acids is 1. The Hall–Kier alpha value is -2.66. The van der Waals surface area contributed by atoms with Crippen molar-refractivity contribution in [3.8, 4) is 11.1 Å². The Balaban J connectivity index is 1.35. The van der Waals surface area contributed by atoms with Crippen LogP contribution in [0.3, 0.4) is 0 Å². The molecule has 1 amide bonds. The van der Waals surface area contributed by atoms with Gasteiger partial charge in [-0.3, -0.25) is 9.59 Å². The Morgan fingerprint density at radius 1 is 0.839 bits per heavy atom. The van der Waals surface area contributed by atoms with Crippen LogP contribution in [0.4, 0.5) is 0 Å². The lowest BCUT2D eigenvalue weighted by atomic mass is 9.94. The number of carbonyl (C=O) groups excluding carboxylic acids is 1. The molecule has 164 valence electrons. The zero-order valence-electron chi connectivity index (χ0n) is 18.2. The summed E-state index contributed by atoms with van der Waals surface area (Å²) in [5.74, 6) is -0.995. The Labute approximate surface area is 184 Å². The van der Waals surface area contributed by atoms with Gasteiger partial charge in [0.05, 0.1) is 6.42 Å². The monoisotopic (exact) mass is 420 g/mol. The number of rotatable bonds is 7. The van der Waals surface area contributed by atoms with Crippen LogP contribution in [-0.2, 0) is 29.0 Å². The molecule has 0 unspecified atom stereocenters. The third-order valence-electron chi connectivity index (χ3n) is 6.58. The molecule has 0 saturated carbocycles. The topological polar surface area (TPSA) is 60.9 Å². The minimum Gasteiger partial charge on any atom is -0.481 e. The first-order valence-electron chi connectivity index (χ1n) is 11.5. The van der Waals surface area contributed by atoms with E-state index in [0.717, 1.165) is 24.9 Å². The second-order valence-electron chi connectivity index (χ2n) is 8.79. The summed E-state index contributed by atoms with van der Waals surface area (Å²) in [6.07, 6.45) is 5.95. The molecule has 2 aliphatic rings. The molecule has 0 radical (unpaired) electrons. The molecule has 5 nitrogen and oxygen atoms in total. The van der Waals surface area contributed by atoms with Gasteiger partial charge in [0.25, 0.3) is 0 Å². The summed E-state index contributed by atoms with van der Waals surface area (Å²) < 4.78 is 0. The summed E-state index contributed by atoms with van der Waals surface area (Å²) in [6, 6.07) is 15.4. The smallest absolute Gasteiger partial charge is 0.303 e. The van der Waals surface area contributed by atoms with Crippen molar-refractivity contribution in [2.75, 3.05) is 26.2 Å². The van der Waals surface area contributed by atoms with E-state index in [9.17, 15) is 9.59 Å². The highest BCUT2D eigenvalue weighted by Gasteiger charge is 2.21. The van der Waals surface area contributed by atoms with Gasteiger partial charge in [-0.25, -0.2) is 0 Å². The van der Waals surface area contributed by atoms with Gasteiger partial charge < -0.3 is 14.9 Å². The van der Waals surface area contributed by atoms with Crippen LogP contribution < -0.4 is 0 Å². The van der Waals surface area contributed by atoms with E-state index in [1.807, 2.05) is 0 Å². The molecule has 0 spiro atoms. The normalized spacial score (nSPS) is 16.7. The highest BCUT2D eigenvalue weighted by Crippen LogP contribution is 2.27. The van der Waals surface area contributed by atoms with Crippen LogP contribution in [0.2, 0.25) is 0 Å². The number of fused-ring (bicyclic) bond motifs is 1. The molecular weight excluding hydrogens is 388 g/mol. The first-order chi connectivity index (χ1) is 15.1. The van der Waals surface area contributed by atoms with Crippen LogP contribution in [0.5, 0.6) is 0 Å². The summed E-state index contributed by atoms with van der Waals surface area (Å²) in [7, 11) is 0. The van der Waals surface area contributed by atoms with E-state index in [4.69, 9.17) is 5.11 Å². The molecule has 1 fully saturated rings. The average molecular weight is 421 g/mol. The average Bonchev–Trinajstić information content (AvgIpc) is 2.81. The third-order valence-corrected chi connectivity index (χ3v) is 6.58. The van der Waals surface area contributed by atoms with Crippen molar-refractivity contribution in [3.05, 3.63) is 59.2 Å². The molecular formula is C26H32N2O3. The summed E-state index contributed by atoms with van der Waals surface area (Å²) >= 11 is 0. The predicted octanol–water partition coefficient (Wildman–Crippen LogP) is 4.13. The van der Waals surface area contributed by atoms with Gasteiger partial charge in [-0.05, 0) is 66.6 Å². The number of piperidine rings is 1. The molecule has 1 N–H and O–H groups in total. The lowest BCUT2D eigenvalue weighted by Gasteiger charge is -2.29. The number of carbonyl (C=O) groups is 2. The van der Waals surface area contributed by atoms with E-state index in [0.29, 0.717) is 13.1 Å². The Morgan fingerprint density at radius 3 is 2.32 bits per heavy atom. The van der Waals surface area contributed by atoms with E-state index in [-0.39, 0.29) is 18.7 Å². The van der Waals surface area contributed by atoms with E-state index in [1.165, 1.54) is 54.6 Å². The van der Waals surface area contributed by atoms with Gasteiger partial charge >= 0.3 is 5.97 Å². The van der Waals surface area contributed by atoms with E-state index in [1.54, 1.807) is 4.90 Å². The van der Waals surface area contributed by atoms with Gasteiger partial charge in [-0.15, -0.1) is 0 Å². The van der Waals surface area contributed by atoms with Crippen molar-refractivity contribution in [1.29, 1.82) is 0 Å². The van der Waals surface area contributed by atoms with E-state index in [2.05, 4.69) is 47.4 Å². The third kappa shape index (κ3) is 5.73. The molecule has 2 aromatic carbocycles. The van der Waals surface area contributed by atoms with Crippen molar-refractivity contribution in [2.24, 2.45) is 0 Å². The molecule has 2 aromatic rings. The number of hydrogen-bond acceptors (Lipinski definition) is 3. The number of nitrogens with zero attached hydrogens (tertiary/aromatic N) is 2. The number of benzene rings is 2. The van der Waals surface area contributed by atoms with E-state index < -0.39 is 5.97 Å². The van der Waals surface area contributed by atoms with Crippen molar-refractivity contribution in [2.45, 2.75) is 51.5 Å². The number of carboxylic acid groups (broad SMARTS) is 1. The maximum absolute atomic E-state index is 12.2. The van der Waals surface area contributed by atoms with Gasteiger partial charge in [0.15, 0.2) is 0 Å². The van der Waals surface area contributed by atoms with E-state index >= 15 is 0 Å². The van der Waals surface area contributed by atoms with Crippen LogP contribution >= 0.6 is 0 Å². The maximum Gasteiger partial charge on any atom is 0.303 e. The van der Waals surface area contributed by atoms with Crippen LogP contribution in [-0.4, -0.2) is 53.0 Å². The Morgan fingerprint density at radius 2 is 1.58 bits per heavy atom. The largest absolute Gasteiger partial charge is 0.481 e. The quantitative estimate of drug-likeness (QED) is 0.732. The SMILES string of the molecule is O=C(O)CCC(=O)N1CCc2cc(-c3ccc(CCN4CCCCC4)cc3)ccc2C1. The summed E-state index contributed by atoms with van der Waals surface area (Å²) in [6.45, 7) is 4.87. The Kier molecular flexibility index (Phi) is 7.03. The second kappa shape index (κ2) is 10.1. The molecule has 0 aliphatic carbocycles. The lowest BCUT2D eigenvalue weighted by molar-refractivity contribution is -0.141. The predicted molar refractivity (Wildman–Crippen MR) is 122 cm³/mol. The molecule has 5 heteroatoms. The molecule has 2 aliphatic heterocycles. The van der Waals surface area contributed by atoms with Crippen LogP contribution in [0, 0.1) is 0 Å². The molecule has 31 heavy (non-hydrogen) atoms. The minimum atomic E-state index is -0.923. The molecule has 2 heterocycles. The van der Waals surface area contributed by atoms with Crippen LogP contribution in [0.1, 0.15) is 48.8 Å². The highest BCUT2D eigenvalue weighted by atomic mass is 16.4. The molecule has 0 aromatic heterocycles. The molecule has 1 saturated heterocycles. The van der Waals surface area contributed by atoms with Crippen molar-refractivity contribution < 1.29 is 14.7 Å². The van der Waals surface area contributed by atoms with Crippen molar-refractivity contribution in [3.63, 3.8) is 0 Å². The van der Waals surface area contributed by atoms with Gasteiger partial charge in [-0.2, -0.15) is 0 Å². The standard InChI is InChI=1S/C26H32N2O3/c29-25(10-11-26(30)31)28-17-13-23-18-22(8-9-24(23)19-28)21-6-4-20(5-7-21)12-16-27-14-2-1-3-15-27/h4-9,18H,1-3,10-17,19H2,(H,30,31). The van der Waals surface area contributed by atoms with Gasteiger partial charge in [-0.1, -0.05) is 48.9 Å². The summed E-state index contributed by atoms with van der Waals surface area (Å²) in [5, 5.41) is 8.79. The number of amides is 1. The maximum atomic E-state index is 12.2. The zero-order chi connectivity index (χ0) is 21.6. The lowest BCUT2D eigenvalue weighted by Crippen LogP contribution is -2.36. The van der Waals surface area contributed by atoms with Crippen molar-refractivity contribution in [1.82, 2.24) is 9.80 Å². The fourth-order valence-electron chi connectivity index (χ4n) is 4.65. The fraction of sp³-hybridized carbons (Fsp3) is 0.462. The Bertz CT molecular complexity index is 917. The zero-order valence-corrected chi connectivity index (χ0v) is 18.2. The first kappa shape index (κ1) is 21.6. The van der Waals surface area contributed by atoms with Crippen LogP contribution in [0.25, 0.3) is 11.1 Å². The highest BCUT2D eigenvalue weighted by molar-refractivity contribution is 5.81. The molecule has 0 atom stereocenters. The minimum absolute atomic E-state index is 0.0720. The number of carboxylic acids is 1. The first-order valence-corrected chi connectivity index (χ1v) is 11.5. The van der Waals surface area contributed by atoms with Gasteiger partial charge in [0, 0.05) is 26.1 Å². The summed E-state index contributed by atoms with van der Waals surface area (Å²) in [4.78, 5) is 27.3. The molecule has 0 bridgehead atoms. The van der Waals surface area contributed by atoms with Gasteiger partial charge in [0.2, 0.25) is 5.91 Å². The fourth-order valence-corrected chi connectivity index (χ4v) is 4.65. The molecule has 4 rings (SSSR count). The summed E-state index contributed by atoms with van der Waals surface area (Å²) in [5.41, 5.74) is 6.28. The second-order valence-corrected chi connectivity index (χ2v) is 8.79. The number of hydrogen-bond donors (Lipinski definition) is 1. The van der Waals surface area contributed by atoms with Crippen molar-refractivity contribution >= 4 is 11.9 Å². The number of likely N-dealkylation sites (tertiary alicyclic amines) is 1. The van der Waals surface area contributed by atoms with Crippen LogP contribution in [0.15, 0.2) is 42.5 Å².